The van der Waals surface area contributed by atoms with Gasteiger partial charge in [-0.25, -0.2) is 4.79 Å². The lowest BCUT2D eigenvalue weighted by Crippen LogP contribution is -2.56. The molecule has 0 heterocycles. The van der Waals surface area contributed by atoms with E-state index in [0.29, 0.717) is 19.1 Å². The van der Waals surface area contributed by atoms with Crippen molar-refractivity contribution in [3.05, 3.63) is 35.9 Å². The summed E-state index contributed by atoms with van der Waals surface area (Å²) < 4.78 is 0. The van der Waals surface area contributed by atoms with Crippen LogP contribution in [-0.2, 0) is 10.3 Å². The van der Waals surface area contributed by atoms with E-state index in [1.54, 1.807) is 0 Å². The molecule has 0 aromatic heterocycles. The van der Waals surface area contributed by atoms with E-state index in [1.807, 2.05) is 37.4 Å². The summed E-state index contributed by atoms with van der Waals surface area (Å²) in [4.78, 5) is 14.2. The van der Waals surface area contributed by atoms with Gasteiger partial charge in [0.1, 0.15) is 0 Å². The number of rotatable bonds is 8. The molecule has 4 nitrogen and oxygen atoms in total. The minimum absolute atomic E-state index is 0.497. The van der Waals surface area contributed by atoms with Crippen molar-refractivity contribution in [3.63, 3.8) is 0 Å². The number of aliphatic carboxylic acids is 1. The molecular formula is C16H24N2O2. The molecule has 1 unspecified atom stereocenters. The summed E-state index contributed by atoms with van der Waals surface area (Å²) >= 11 is 0. The zero-order chi connectivity index (χ0) is 14.6. The molecule has 2 rings (SSSR count). The lowest BCUT2D eigenvalue weighted by molar-refractivity contribution is -0.146. The van der Waals surface area contributed by atoms with Gasteiger partial charge in [0, 0.05) is 12.6 Å². The summed E-state index contributed by atoms with van der Waals surface area (Å²) in [5, 5.41) is 13.1. The van der Waals surface area contributed by atoms with Gasteiger partial charge >= 0.3 is 5.97 Å². The minimum Gasteiger partial charge on any atom is -0.480 e. The fourth-order valence-corrected chi connectivity index (χ4v) is 2.60. The third kappa shape index (κ3) is 3.19. The lowest BCUT2D eigenvalue weighted by Gasteiger charge is -2.35. The van der Waals surface area contributed by atoms with Crippen LogP contribution in [0.3, 0.4) is 0 Å². The topological polar surface area (TPSA) is 52.6 Å². The highest BCUT2D eigenvalue weighted by Crippen LogP contribution is 2.30. The molecule has 1 saturated carbocycles. The van der Waals surface area contributed by atoms with Crippen LogP contribution in [0.4, 0.5) is 0 Å². The van der Waals surface area contributed by atoms with Crippen LogP contribution in [0.25, 0.3) is 0 Å². The number of carboxylic acid groups (broad SMARTS) is 1. The number of hydrogen-bond donors (Lipinski definition) is 2. The number of benzene rings is 1. The Morgan fingerprint density at radius 1 is 1.40 bits per heavy atom. The second-order valence-electron chi connectivity index (χ2n) is 5.65. The second-order valence-corrected chi connectivity index (χ2v) is 5.65. The van der Waals surface area contributed by atoms with Gasteiger partial charge in [-0.15, -0.1) is 0 Å². The highest BCUT2D eigenvalue weighted by atomic mass is 16.4. The van der Waals surface area contributed by atoms with Crippen molar-refractivity contribution < 1.29 is 9.90 Å². The van der Waals surface area contributed by atoms with E-state index in [0.717, 1.165) is 12.0 Å². The van der Waals surface area contributed by atoms with Crippen molar-refractivity contribution in [3.8, 4) is 0 Å². The summed E-state index contributed by atoms with van der Waals surface area (Å²) in [7, 11) is 2.02. The van der Waals surface area contributed by atoms with Crippen LogP contribution >= 0.6 is 0 Å². The third-order valence-electron chi connectivity index (χ3n) is 3.97. The summed E-state index contributed by atoms with van der Waals surface area (Å²) in [6.45, 7) is 3.24. The summed E-state index contributed by atoms with van der Waals surface area (Å²) in [5.41, 5.74) is -0.192. The molecular weight excluding hydrogens is 252 g/mol. The van der Waals surface area contributed by atoms with Gasteiger partial charge in [0.15, 0.2) is 5.54 Å². The van der Waals surface area contributed by atoms with Crippen molar-refractivity contribution in [2.45, 2.75) is 37.8 Å². The average molecular weight is 276 g/mol. The van der Waals surface area contributed by atoms with Crippen LogP contribution in [0.2, 0.25) is 0 Å². The molecule has 1 atom stereocenters. The van der Waals surface area contributed by atoms with E-state index < -0.39 is 11.5 Å². The van der Waals surface area contributed by atoms with E-state index in [1.165, 1.54) is 12.8 Å². The Balaban J connectivity index is 2.30. The van der Waals surface area contributed by atoms with Gasteiger partial charge in [-0.3, -0.25) is 5.32 Å². The van der Waals surface area contributed by atoms with E-state index >= 15 is 0 Å². The van der Waals surface area contributed by atoms with Crippen molar-refractivity contribution in [2.75, 3.05) is 20.1 Å². The number of likely N-dealkylation sites (N-methyl/N-ethyl adjacent to an activating group) is 1. The maximum atomic E-state index is 12.0. The first kappa shape index (κ1) is 15.0. The van der Waals surface area contributed by atoms with Crippen LogP contribution in [-0.4, -0.2) is 42.2 Å². The predicted octanol–water partition coefficient (Wildman–Crippen LogP) is 2.06. The molecule has 0 saturated heterocycles. The molecule has 20 heavy (non-hydrogen) atoms. The minimum atomic E-state index is -1.02. The van der Waals surface area contributed by atoms with Gasteiger partial charge in [0.2, 0.25) is 0 Å². The molecule has 0 bridgehead atoms. The third-order valence-corrected chi connectivity index (χ3v) is 3.97. The molecule has 0 amide bonds. The molecule has 0 radical (unpaired) electrons. The number of nitrogens with one attached hydrogen (secondary N) is 1. The van der Waals surface area contributed by atoms with E-state index in [9.17, 15) is 9.90 Å². The molecule has 4 heteroatoms. The first-order valence-electron chi connectivity index (χ1n) is 7.34. The molecule has 0 aliphatic heterocycles. The average Bonchev–Trinajstić information content (AvgIpc) is 3.28. The molecule has 1 aromatic carbocycles. The maximum Gasteiger partial charge on any atom is 0.329 e. The SMILES string of the molecule is CCCNC(CN(C)C1CC1)(C(=O)O)c1ccccc1. The van der Waals surface area contributed by atoms with E-state index in [2.05, 4.69) is 17.1 Å². The summed E-state index contributed by atoms with van der Waals surface area (Å²) in [5.74, 6) is -0.801. The molecule has 1 aliphatic carbocycles. The van der Waals surface area contributed by atoms with Gasteiger partial charge in [-0.2, -0.15) is 0 Å². The predicted molar refractivity (Wildman–Crippen MR) is 79.7 cm³/mol. The van der Waals surface area contributed by atoms with Gasteiger partial charge in [-0.1, -0.05) is 37.3 Å². The Bertz CT molecular complexity index is 445. The second kappa shape index (κ2) is 6.37. The summed E-state index contributed by atoms with van der Waals surface area (Å²) in [6.07, 6.45) is 3.26. The molecule has 2 N–H and O–H groups in total. The van der Waals surface area contributed by atoms with Crippen LogP contribution in [0.1, 0.15) is 31.7 Å². The van der Waals surface area contributed by atoms with Gasteiger partial charge in [-0.05, 0) is 38.4 Å². The standard InChI is InChI=1S/C16H24N2O2/c1-3-11-17-16(15(19)20,12-18(2)14-9-10-14)13-7-5-4-6-8-13/h4-8,14,17H,3,9-12H2,1-2H3,(H,19,20). The Morgan fingerprint density at radius 2 is 2.05 bits per heavy atom. The number of nitrogens with zero attached hydrogens (tertiary/aromatic N) is 1. The Labute approximate surface area is 120 Å². The molecule has 1 aliphatic rings. The fourth-order valence-electron chi connectivity index (χ4n) is 2.60. The van der Waals surface area contributed by atoms with Gasteiger partial charge < -0.3 is 10.0 Å². The van der Waals surface area contributed by atoms with Crippen LogP contribution in [0, 0.1) is 0 Å². The molecule has 1 aromatic rings. The van der Waals surface area contributed by atoms with Crippen LogP contribution in [0.5, 0.6) is 0 Å². The molecule has 1 fully saturated rings. The first-order valence-corrected chi connectivity index (χ1v) is 7.34. The van der Waals surface area contributed by atoms with Crippen molar-refractivity contribution >= 4 is 5.97 Å². The molecule has 110 valence electrons. The van der Waals surface area contributed by atoms with Gasteiger partial charge in [0.05, 0.1) is 0 Å². The Morgan fingerprint density at radius 3 is 2.55 bits per heavy atom. The van der Waals surface area contributed by atoms with Crippen LogP contribution in [0.15, 0.2) is 30.3 Å². The number of hydrogen-bond acceptors (Lipinski definition) is 3. The number of carbonyl (C=O) groups is 1. The Kier molecular flexibility index (Phi) is 4.78. The summed E-state index contributed by atoms with van der Waals surface area (Å²) in [6, 6.07) is 10.1. The zero-order valence-electron chi connectivity index (χ0n) is 12.3. The zero-order valence-corrected chi connectivity index (χ0v) is 12.3. The highest BCUT2D eigenvalue weighted by Gasteiger charge is 2.43. The first-order chi connectivity index (χ1) is 9.60. The van der Waals surface area contributed by atoms with Crippen molar-refractivity contribution in [1.29, 1.82) is 0 Å². The monoisotopic (exact) mass is 276 g/mol. The van der Waals surface area contributed by atoms with E-state index in [-0.39, 0.29) is 0 Å². The van der Waals surface area contributed by atoms with Crippen molar-refractivity contribution in [2.24, 2.45) is 0 Å². The Hall–Kier alpha value is -1.39. The smallest absolute Gasteiger partial charge is 0.329 e. The van der Waals surface area contributed by atoms with Crippen molar-refractivity contribution in [1.82, 2.24) is 10.2 Å². The normalized spacial score (nSPS) is 17.9. The fraction of sp³-hybridized carbons (Fsp3) is 0.562. The number of carboxylic acids is 1. The highest BCUT2D eigenvalue weighted by molar-refractivity contribution is 5.81. The van der Waals surface area contributed by atoms with E-state index in [4.69, 9.17) is 0 Å². The van der Waals surface area contributed by atoms with Crippen LogP contribution < -0.4 is 5.32 Å². The lowest BCUT2D eigenvalue weighted by atomic mass is 9.89. The largest absolute Gasteiger partial charge is 0.480 e. The molecule has 0 spiro atoms. The van der Waals surface area contributed by atoms with Gasteiger partial charge in [0.25, 0.3) is 0 Å². The maximum absolute atomic E-state index is 12.0. The quantitative estimate of drug-likeness (QED) is 0.763.